The van der Waals surface area contributed by atoms with Crippen molar-refractivity contribution in [3.05, 3.63) is 69.0 Å². The first-order chi connectivity index (χ1) is 13.0. The molecule has 3 rings (SSSR count). The number of rotatable bonds is 6. The Labute approximate surface area is 168 Å². The molecule has 1 amide bonds. The fourth-order valence-corrected chi connectivity index (χ4v) is 3.70. The molecule has 0 aliphatic rings. The Balaban J connectivity index is 1.98. The average Bonchev–Trinajstić information content (AvgIpc) is 3.26. The zero-order valence-electron chi connectivity index (χ0n) is 14.8. The van der Waals surface area contributed by atoms with Gasteiger partial charge in [0.2, 0.25) is 0 Å². The Kier molecular flexibility index (Phi) is 6.08. The van der Waals surface area contributed by atoms with Crippen LogP contribution < -0.4 is 4.90 Å². The third-order valence-corrected chi connectivity index (χ3v) is 5.28. The lowest BCUT2D eigenvalue weighted by Gasteiger charge is -2.18. The molecule has 0 radical (unpaired) electrons. The quantitative estimate of drug-likeness (QED) is 0.504. The number of amides is 1. The van der Waals surface area contributed by atoms with Crippen molar-refractivity contribution in [3.63, 3.8) is 0 Å². The Bertz CT molecular complexity index is 952. The lowest BCUT2D eigenvalue weighted by Crippen LogP contribution is -2.30. The number of thiazole rings is 1. The molecule has 0 aliphatic carbocycles. The normalized spacial score (nSPS) is 10.6. The maximum atomic E-state index is 13.0. The molecule has 0 N–H and O–H groups in total. The molecule has 0 spiro atoms. The highest BCUT2D eigenvalue weighted by Crippen LogP contribution is 2.30. The van der Waals surface area contributed by atoms with Gasteiger partial charge < -0.3 is 9.15 Å². The highest BCUT2D eigenvalue weighted by atomic mass is 79.9. The predicted octanol–water partition coefficient (Wildman–Crippen LogP) is 4.83. The number of carbonyl (C=O) groups excluding carboxylic acids is 2. The molecule has 0 saturated heterocycles. The minimum absolute atomic E-state index is 0.184. The van der Waals surface area contributed by atoms with Crippen LogP contribution in [0.15, 0.2) is 51.6 Å². The maximum absolute atomic E-state index is 13.0. The van der Waals surface area contributed by atoms with Gasteiger partial charge in [0.05, 0.1) is 18.8 Å². The number of halogens is 1. The van der Waals surface area contributed by atoms with E-state index in [1.54, 1.807) is 26.0 Å². The van der Waals surface area contributed by atoms with E-state index in [0.29, 0.717) is 26.9 Å². The number of esters is 1. The summed E-state index contributed by atoms with van der Waals surface area (Å²) in [4.78, 5) is 31.5. The summed E-state index contributed by atoms with van der Waals surface area (Å²) in [5, 5.41) is 0.414. The lowest BCUT2D eigenvalue weighted by molar-refractivity contribution is 0.0531. The first kappa shape index (κ1) is 19.3. The van der Waals surface area contributed by atoms with Crippen molar-refractivity contribution >= 4 is 44.3 Å². The number of ether oxygens (including phenoxy) is 1. The van der Waals surface area contributed by atoms with Gasteiger partial charge in [-0.25, -0.2) is 9.78 Å². The van der Waals surface area contributed by atoms with Crippen LogP contribution in [0.2, 0.25) is 0 Å². The van der Waals surface area contributed by atoms with E-state index in [2.05, 4.69) is 20.9 Å². The van der Waals surface area contributed by atoms with E-state index in [-0.39, 0.29) is 18.3 Å². The second-order valence-electron chi connectivity index (χ2n) is 5.61. The molecule has 6 nitrogen and oxygen atoms in total. The predicted molar refractivity (Wildman–Crippen MR) is 106 cm³/mol. The van der Waals surface area contributed by atoms with Crippen LogP contribution in [0.5, 0.6) is 0 Å². The van der Waals surface area contributed by atoms with Gasteiger partial charge in [0.25, 0.3) is 5.91 Å². The summed E-state index contributed by atoms with van der Waals surface area (Å²) in [6, 6.07) is 12.8. The molecule has 140 valence electrons. The van der Waals surface area contributed by atoms with Crippen molar-refractivity contribution in [2.75, 3.05) is 11.5 Å². The van der Waals surface area contributed by atoms with Crippen LogP contribution in [-0.4, -0.2) is 23.5 Å². The number of furan rings is 1. The first-order valence-electron chi connectivity index (χ1n) is 8.25. The summed E-state index contributed by atoms with van der Waals surface area (Å²) in [5.74, 6) is -0.594. The maximum Gasteiger partial charge on any atom is 0.350 e. The van der Waals surface area contributed by atoms with Crippen LogP contribution in [-0.2, 0) is 11.3 Å². The van der Waals surface area contributed by atoms with E-state index < -0.39 is 5.97 Å². The molecule has 0 fully saturated rings. The molecule has 0 bridgehead atoms. The topological polar surface area (TPSA) is 72.6 Å². The molecule has 0 atom stereocenters. The second-order valence-corrected chi connectivity index (χ2v) is 7.37. The van der Waals surface area contributed by atoms with Crippen LogP contribution in [0.25, 0.3) is 0 Å². The standard InChI is InChI=1S/C19H17BrN2O4S/c1-3-25-18(24)16-12(2)21-19(27-16)22(11-13-7-5-4-6-8-13)17(23)14-9-10-15(20)26-14/h4-10H,3,11H2,1-2H3. The molecule has 1 aromatic carbocycles. The number of anilines is 1. The Morgan fingerprint density at radius 2 is 1.96 bits per heavy atom. The number of benzene rings is 1. The van der Waals surface area contributed by atoms with E-state index in [0.717, 1.165) is 16.9 Å². The summed E-state index contributed by atoms with van der Waals surface area (Å²) in [5.41, 5.74) is 1.46. The van der Waals surface area contributed by atoms with E-state index in [9.17, 15) is 9.59 Å². The smallest absolute Gasteiger partial charge is 0.350 e. The van der Waals surface area contributed by atoms with Crippen LogP contribution in [0, 0.1) is 6.92 Å². The second kappa shape index (κ2) is 8.49. The number of nitrogens with zero attached hydrogens (tertiary/aromatic N) is 2. The molecule has 3 aromatic rings. The summed E-state index contributed by atoms with van der Waals surface area (Å²) in [6.07, 6.45) is 0. The van der Waals surface area contributed by atoms with Crippen molar-refractivity contribution in [2.24, 2.45) is 0 Å². The van der Waals surface area contributed by atoms with Crippen molar-refractivity contribution in [2.45, 2.75) is 20.4 Å². The molecule has 0 saturated carbocycles. The summed E-state index contributed by atoms with van der Waals surface area (Å²) in [6.45, 7) is 4.04. The van der Waals surface area contributed by atoms with Crippen molar-refractivity contribution < 1.29 is 18.7 Å². The minimum Gasteiger partial charge on any atom is -0.462 e. The van der Waals surface area contributed by atoms with Gasteiger partial charge in [0.15, 0.2) is 15.6 Å². The van der Waals surface area contributed by atoms with Gasteiger partial charge in [-0.2, -0.15) is 0 Å². The van der Waals surface area contributed by atoms with Crippen molar-refractivity contribution in [1.29, 1.82) is 0 Å². The number of aryl methyl sites for hydroxylation is 1. The van der Waals surface area contributed by atoms with Crippen molar-refractivity contribution in [1.82, 2.24) is 4.98 Å². The van der Waals surface area contributed by atoms with E-state index in [1.165, 1.54) is 4.90 Å². The zero-order chi connectivity index (χ0) is 19.4. The molecular weight excluding hydrogens is 432 g/mol. The fraction of sp³-hybridized carbons (Fsp3) is 0.211. The van der Waals surface area contributed by atoms with E-state index in [4.69, 9.17) is 9.15 Å². The summed E-state index contributed by atoms with van der Waals surface area (Å²) >= 11 is 4.34. The number of hydrogen-bond donors (Lipinski definition) is 0. The van der Waals surface area contributed by atoms with E-state index in [1.807, 2.05) is 30.3 Å². The first-order valence-corrected chi connectivity index (χ1v) is 9.86. The van der Waals surface area contributed by atoms with Gasteiger partial charge in [0, 0.05) is 0 Å². The van der Waals surface area contributed by atoms with Gasteiger partial charge in [-0.15, -0.1) is 0 Å². The summed E-state index contributed by atoms with van der Waals surface area (Å²) in [7, 11) is 0. The average molecular weight is 449 g/mol. The number of aromatic nitrogens is 1. The largest absolute Gasteiger partial charge is 0.462 e. The summed E-state index contributed by atoms with van der Waals surface area (Å²) < 4.78 is 11.0. The SMILES string of the molecule is CCOC(=O)c1sc(N(Cc2ccccc2)C(=O)c2ccc(Br)o2)nc1C. The van der Waals surface area contributed by atoms with E-state index >= 15 is 0 Å². The Morgan fingerprint density at radius 3 is 2.59 bits per heavy atom. The molecule has 0 unspecified atom stereocenters. The molecular formula is C19H17BrN2O4S. The lowest BCUT2D eigenvalue weighted by atomic mass is 10.2. The molecule has 0 aliphatic heterocycles. The van der Waals surface area contributed by atoms with Crippen molar-refractivity contribution in [3.8, 4) is 0 Å². The van der Waals surface area contributed by atoms with Gasteiger partial charge in [-0.3, -0.25) is 9.69 Å². The number of hydrogen-bond acceptors (Lipinski definition) is 6. The highest BCUT2D eigenvalue weighted by molar-refractivity contribution is 9.10. The molecule has 27 heavy (non-hydrogen) atoms. The molecule has 8 heteroatoms. The third kappa shape index (κ3) is 4.45. The monoisotopic (exact) mass is 448 g/mol. The van der Waals surface area contributed by atoms with Crippen LogP contribution >= 0.6 is 27.3 Å². The van der Waals surface area contributed by atoms with Gasteiger partial charge in [-0.1, -0.05) is 41.7 Å². The van der Waals surface area contributed by atoms with Gasteiger partial charge >= 0.3 is 5.97 Å². The highest BCUT2D eigenvalue weighted by Gasteiger charge is 2.26. The number of carbonyl (C=O) groups is 2. The van der Waals surface area contributed by atoms with Gasteiger partial charge in [0.1, 0.15) is 4.88 Å². The van der Waals surface area contributed by atoms with Crippen LogP contribution in [0.4, 0.5) is 5.13 Å². The Morgan fingerprint density at radius 1 is 1.22 bits per heavy atom. The fourth-order valence-electron chi connectivity index (χ4n) is 2.44. The molecule has 2 heterocycles. The Hall–Kier alpha value is -2.45. The molecule has 2 aromatic heterocycles. The van der Waals surface area contributed by atoms with Gasteiger partial charge in [-0.05, 0) is 47.5 Å². The minimum atomic E-state index is -0.438. The third-order valence-electron chi connectivity index (χ3n) is 3.69. The zero-order valence-corrected chi connectivity index (χ0v) is 17.2. The van der Waals surface area contributed by atoms with Crippen LogP contribution in [0.1, 0.15) is 38.4 Å². The van der Waals surface area contributed by atoms with Crippen LogP contribution in [0.3, 0.4) is 0 Å².